The van der Waals surface area contributed by atoms with Crippen molar-refractivity contribution in [2.45, 2.75) is 33.1 Å². The minimum atomic E-state index is -1.81. The average Bonchev–Trinajstić information content (AvgIpc) is 2.37. The topological polar surface area (TPSA) is 30.2 Å². The van der Waals surface area contributed by atoms with Crippen molar-refractivity contribution in [2.24, 2.45) is 0 Å². The van der Waals surface area contributed by atoms with Gasteiger partial charge >= 0.3 is 7.65 Å². The smallest absolute Gasteiger partial charge is 0.250 e. The molecule has 0 aliphatic rings. The van der Waals surface area contributed by atoms with Crippen LogP contribution >= 0.6 is 7.65 Å². The third kappa shape index (κ3) is 2.05. The van der Waals surface area contributed by atoms with Gasteiger partial charge in [0.2, 0.25) is 5.12 Å². The zero-order chi connectivity index (χ0) is 14.5. The molecule has 1 heterocycles. The molecule has 0 amide bonds. The van der Waals surface area contributed by atoms with Crippen LogP contribution in [0.3, 0.4) is 0 Å². The zero-order valence-electron chi connectivity index (χ0n) is 12.2. The van der Waals surface area contributed by atoms with E-state index in [1.54, 1.807) is 0 Å². The van der Waals surface area contributed by atoms with Crippen molar-refractivity contribution in [3.63, 3.8) is 0 Å². The Morgan fingerprint density at radius 2 is 1.75 bits per heavy atom. The number of rotatable bonds is 0. The van der Waals surface area contributed by atoms with Gasteiger partial charge in [0.1, 0.15) is 0 Å². The Morgan fingerprint density at radius 1 is 1.05 bits per heavy atom. The molecule has 0 spiro atoms. The van der Waals surface area contributed by atoms with E-state index in [-0.39, 0.29) is 5.41 Å². The molecule has 1 unspecified atom stereocenters. The maximum absolute atomic E-state index is 12.4. The molecule has 0 aliphatic heterocycles. The molecule has 2 nitrogen and oxygen atoms in total. The second kappa shape index (κ2) is 4.43. The molecule has 1 atom stereocenters. The van der Waals surface area contributed by atoms with Gasteiger partial charge in [-0.1, -0.05) is 45.0 Å². The summed E-state index contributed by atoms with van der Waals surface area (Å²) in [6.45, 7) is 8.59. The van der Waals surface area contributed by atoms with E-state index in [9.17, 15) is 4.57 Å². The van der Waals surface area contributed by atoms with E-state index in [1.807, 2.05) is 31.2 Å². The van der Waals surface area contributed by atoms with E-state index in [1.165, 1.54) is 5.56 Å². The molecule has 0 saturated carbocycles. The van der Waals surface area contributed by atoms with Crippen LogP contribution < -0.4 is 0 Å². The number of hydrogen-bond donors (Lipinski definition) is 0. The standard InChI is InChI=1S/C17H18O2P/c1-11-9-12(17(2,3)4)10-14-13-7-5-6-8-15(13)19-20(18)16(11)14/h5-10H,1-4H3/q+1. The highest BCUT2D eigenvalue weighted by molar-refractivity contribution is 7.37. The molecule has 0 bridgehead atoms. The van der Waals surface area contributed by atoms with Crippen molar-refractivity contribution >= 4 is 29.1 Å². The van der Waals surface area contributed by atoms with E-state index in [2.05, 4.69) is 32.9 Å². The Balaban J connectivity index is 2.56. The minimum Gasteiger partial charge on any atom is -0.250 e. The first-order valence-electron chi connectivity index (χ1n) is 6.77. The summed E-state index contributed by atoms with van der Waals surface area (Å²) in [7, 11) is -1.81. The van der Waals surface area contributed by atoms with Gasteiger partial charge in [0.25, 0.3) is 0 Å². The lowest BCUT2D eigenvalue weighted by Crippen LogP contribution is -2.11. The van der Waals surface area contributed by atoms with Crippen molar-refractivity contribution in [2.75, 3.05) is 0 Å². The first-order chi connectivity index (χ1) is 9.38. The molecule has 20 heavy (non-hydrogen) atoms. The molecule has 3 heteroatoms. The maximum Gasteiger partial charge on any atom is 0.598 e. The fourth-order valence-corrected chi connectivity index (χ4v) is 3.73. The van der Waals surface area contributed by atoms with Crippen LogP contribution in [-0.4, -0.2) is 0 Å². The van der Waals surface area contributed by atoms with Crippen molar-refractivity contribution in [1.82, 2.24) is 0 Å². The third-order valence-electron chi connectivity index (χ3n) is 3.71. The summed E-state index contributed by atoms with van der Waals surface area (Å²) in [5, 5.41) is 2.93. The fraction of sp³-hybridized carbons (Fsp3) is 0.294. The van der Waals surface area contributed by atoms with Gasteiger partial charge in [0.15, 0.2) is 5.58 Å². The van der Waals surface area contributed by atoms with Crippen LogP contribution in [0.2, 0.25) is 0 Å². The maximum atomic E-state index is 12.4. The Morgan fingerprint density at radius 3 is 2.45 bits per heavy atom. The summed E-state index contributed by atoms with van der Waals surface area (Å²) in [6, 6.07) is 12.1. The van der Waals surface area contributed by atoms with Gasteiger partial charge in [-0.15, -0.1) is 0 Å². The lowest BCUT2D eigenvalue weighted by atomic mass is 9.85. The number of hydrogen-bond acceptors (Lipinski definition) is 2. The molecular weight excluding hydrogens is 267 g/mol. The second-order valence-electron chi connectivity index (χ2n) is 6.28. The van der Waals surface area contributed by atoms with Gasteiger partial charge in [-0.25, -0.2) is 4.20 Å². The molecule has 1 aromatic heterocycles. The fourth-order valence-electron chi connectivity index (χ4n) is 2.56. The van der Waals surface area contributed by atoms with Gasteiger partial charge in [-0.3, -0.25) is 0 Å². The first-order valence-corrected chi connectivity index (χ1v) is 7.95. The van der Waals surface area contributed by atoms with Crippen LogP contribution in [-0.2, 0) is 9.98 Å². The summed E-state index contributed by atoms with van der Waals surface area (Å²) < 4.78 is 17.9. The van der Waals surface area contributed by atoms with Crippen LogP contribution in [0, 0.1) is 6.92 Å². The molecule has 0 radical (unpaired) electrons. The predicted molar refractivity (Wildman–Crippen MR) is 84.8 cm³/mol. The molecule has 0 fully saturated rings. The molecule has 0 N–H and O–H groups in total. The van der Waals surface area contributed by atoms with Crippen LogP contribution in [0.25, 0.3) is 21.5 Å². The molecule has 3 aromatic rings. The lowest BCUT2D eigenvalue weighted by Gasteiger charge is -2.19. The highest BCUT2D eigenvalue weighted by Gasteiger charge is 2.23. The summed E-state index contributed by atoms with van der Waals surface area (Å²) in [5.41, 5.74) is 3.09. The molecule has 102 valence electrons. The van der Waals surface area contributed by atoms with Gasteiger partial charge in [0.05, 0.1) is 0 Å². The number of aryl methyl sites for hydroxylation is 1. The summed E-state index contributed by atoms with van der Waals surface area (Å²) in [5.74, 6) is 0. The van der Waals surface area contributed by atoms with Gasteiger partial charge in [-0.05, 0) is 34.6 Å². The minimum absolute atomic E-state index is 0.0681. The van der Waals surface area contributed by atoms with Crippen molar-refractivity contribution in [1.29, 1.82) is 0 Å². The highest BCUT2D eigenvalue weighted by Crippen LogP contribution is 2.39. The molecule has 0 saturated heterocycles. The van der Waals surface area contributed by atoms with E-state index in [4.69, 9.17) is 4.20 Å². The van der Waals surface area contributed by atoms with Gasteiger partial charge in [-0.2, -0.15) is 0 Å². The van der Waals surface area contributed by atoms with Crippen LogP contribution in [0.4, 0.5) is 0 Å². The van der Waals surface area contributed by atoms with Crippen molar-refractivity contribution in [3.8, 4) is 0 Å². The van der Waals surface area contributed by atoms with E-state index < -0.39 is 7.65 Å². The number of fused-ring (bicyclic) bond motifs is 3. The Labute approximate surface area is 119 Å². The SMILES string of the molecule is Cc1cc(C(C)(C)C)cc2c3ccccc3o[p+](=O)c12. The van der Waals surface area contributed by atoms with E-state index in [0.29, 0.717) is 5.58 Å². The Hall–Kier alpha value is -1.66. The summed E-state index contributed by atoms with van der Waals surface area (Å²) in [4.78, 5) is 0. The van der Waals surface area contributed by atoms with Crippen LogP contribution in [0.15, 0.2) is 40.6 Å². The Bertz CT molecular complexity index is 870. The zero-order valence-corrected chi connectivity index (χ0v) is 13.1. The van der Waals surface area contributed by atoms with Crippen LogP contribution in [0.5, 0.6) is 0 Å². The largest absolute Gasteiger partial charge is 0.598 e. The molecule has 3 rings (SSSR count). The predicted octanol–water partition coefficient (Wildman–Crippen LogP) is 5.93. The first kappa shape index (κ1) is 13.3. The molecule has 0 aliphatic carbocycles. The molecule has 2 aromatic carbocycles. The normalized spacial score (nSPS) is 13.1. The van der Waals surface area contributed by atoms with Gasteiger partial charge in [0, 0.05) is 16.3 Å². The Kier molecular flexibility index (Phi) is 2.95. The quantitative estimate of drug-likeness (QED) is 0.479. The van der Waals surface area contributed by atoms with Crippen molar-refractivity contribution < 1.29 is 8.76 Å². The monoisotopic (exact) mass is 285 g/mol. The number of benzene rings is 2. The third-order valence-corrected chi connectivity index (χ3v) is 5.03. The lowest BCUT2D eigenvalue weighted by molar-refractivity contribution is 0.563. The van der Waals surface area contributed by atoms with Crippen molar-refractivity contribution in [3.05, 3.63) is 47.5 Å². The number of para-hydroxylation sites is 1. The summed E-state index contributed by atoms with van der Waals surface area (Å²) in [6.07, 6.45) is 0. The average molecular weight is 285 g/mol. The summed E-state index contributed by atoms with van der Waals surface area (Å²) >= 11 is 0. The molecular formula is C17H18O2P+. The van der Waals surface area contributed by atoms with Gasteiger partial charge < -0.3 is 0 Å². The second-order valence-corrected chi connectivity index (χ2v) is 7.43. The van der Waals surface area contributed by atoms with Crippen LogP contribution in [0.1, 0.15) is 31.9 Å². The van der Waals surface area contributed by atoms with E-state index in [0.717, 1.165) is 21.5 Å². The highest BCUT2D eigenvalue weighted by atomic mass is 31.1. The van der Waals surface area contributed by atoms with E-state index >= 15 is 0 Å².